The van der Waals surface area contributed by atoms with E-state index in [0.717, 1.165) is 103 Å². The number of hydrogen-bond acceptors (Lipinski definition) is 24. The van der Waals surface area contributed by atoms with Crippen LogP contribution in [0.25, 0.3) is 0 Å². The Labute approximate surface area is 507 Å². The van der Waals surface area contributed by atoms with Gasteiger partial charge in [-0.2, -0.15) is 0 Å². The molecule has 1 rings (SSSR count). The second-order valence-electron chi connectivity index (χ2n) is 20.9. The fourth-order valence-electron chi connectivity index (χ4n) is 8.29. The smallest absolute Gasteiger partial charge is 0.309 e. The zero-order chi connectivity index (χ0) is 63.4. The number of ether oxygens (including phenoxy) is 10. The van der Waals surface area contributed by atoms with E-state index in [-0.39, 0.29) is 103 Å². The standard InChI is InChI=1S/C60H100N4O22/c1-5-9-13-17-21-25-49(65)79-43-83-55(71)31-37-63(38-32-56(72)84-44-80-50(66)26-22-18-14-10-6-2)35-29-53(69)77-41-47-59(75)62-48(60(76)61-47)42-78-54(70)30-36-64(39-33-57(73)85-45-81-51(67)27-23-19-15-11-7-3)40-34-58(74)86-46-82-52(68)28-24-20-16-12-8-4/h47-48H,5-46H2,1-4H3,(H,61,76)(H,62,75). The molecular formula is C60H100N4O22. The van der Waals surface area contributed by atoms with E-state index in [1.54, 1.807) is 9.80 Å². The Morgan fingerprint density at radius 3 is 0.674 bits per heavy atom. The summed E-state index contributed by atoms with van der Waals surface area (Å²) in [5.41, 5.74) is 0. The predicted octanol–water partition coefficient (Wildman–Crippen LogP) is 6.62. The minimum absolute atomic E-state index is 0.00300. The Balaban J connectivity index is 2.74. The van der Waals surface area contributed by atoms with Crippen LogP contribution in [-0.4, -0.2) is 173 Å². The van der Waals surface area contributed by atoms with Gasteiger partial charge in [0.15, 0.2) is 0 Å². The van der Waals surface area contributed by atoms with Crippen LogP contribution in [0.4, 0.5) is 0 Å². The van der Waals surface area contributed by atoms with Crippen molar-refractivity contribution in [3.63, 3.8) is 0 Å². The van der Waals surface area contributed by atoms with Gasteiger partial charge in [0.1, 0.15) is 25.3 Å². The number of nitrogens with one attached hydrogen (secondary N) is 2. The number of hydrogen-bond donors (Lipinski definition) is 2. The second kappa shape index (κ2) is 51.8. The van der Waals surface area contributed by atoms with Gasteiger partial charge in [-0.1, -0.05) is 130 Å². The zero-order valence-electron chi connectivity index (χ0n) is 51.7. The Morgan fingerprint density at radius 2 is 0.465 bits per heavy atom. The summed E-state index contributed by atoms with van der Waals surface area (Å²) in [5, 5.41) is 4.88. The Morgan fingerprint density at radius 1 is 0.279 bits per heavy atom. The first-order valence-electron chi connectivity index (χ1n) is 31.1. The van der Waals surface area contributed by atoms with Crippen molar-refractivity contribution < 1.29 is 105 Å². The van der Waals surface area contributed by atoms with Crippen LogP contribution in [0.15, 0.2) is 0 Å². The Kier molecular flexibility index (Phi) is 46.7. The summed E-state index contributed by atoms with van der Waals surface area (Å²) in [6, 6.07) is -2.62. The molecule has 2 N–H and O–H groups in total. The van der Waals surface area contributed by atoms with Crippen LogP contribution >= 0.6 is 0 Å². The van der Waals surface area contributed by atoms with Gasteiger partial charge in [0.25, 0.3) is 0 Å². The molecule has 26 heteroatoms. The molecule has 1 saturated heterocycles. The summed E-state index contributed by atoms with van der Waals surface area (Å²) < 4.78 is 50.9. The zero-order valence-corrected chi connectivity index (χ0v) is 51.7. The van der Waals surface area contributed by atoms with Crippen molar-refractivity contribution in [1.29, 1.82) is 0 Å². The first-order chi connectivity index (χ1) is 41.5. The van der Waals surface area contributed by atoms with Gasteiger partial charge >= 0.3 is 59.7 Å². The molecule has 86 heavy (non-hydrogen) atoms. The molecule has 0 bridgehead atoms. The van der Waals surface area contributed by atoms with E-state index in [9.17, 15) is 57.5 Å². The van der Waals surface area contributed by atoms with E-state index < -0.39 is 124 Å². The van der Waals surface area contributed by atoms with Gasteiger partial charge in [0.05, 0.1) is 38.5 Å². The van der Waals surface area contributed by atoms with Gasteiger partial charge < -0.3 is 67.8 Å². The number of unbranched alkanes of at least 4 members (excludes halogenated alkanes) is 16. The van der Waals surface area contributed by atoms with E-state index in [1.807, 2.05) is 0 Å². The van der Waals surface area contributed by atoms with Crippen LogP contribution in [0, 0.1) is 0 Å². The maximum Gasteiger partial charge on any atom is 0.309 e. The lowest BCUT2D eigenvalue weighted by atomic mass is 10.1. The average Bonchev–Trinajstić information content (AvgIpc) is 3.69. The number of amides is 2. The fourth-order valence-corrected chi connectivity index (χ4v) is 8.29. The van der Waals surface area contributed by atoms with E-state index in [0.29, 0.717) is 25.7 Å². The highest BCUT2D eigenvalue weighted by Gasteiger charge is 2.35. The first kappa shape index (κ1) is 77.6. The summed E-state index contributed by atoms with van der Waals surface area (Å²) in [7, 11) is 0. The van der Waals surface area contributed by atoms with Gasteiger partial charge in [0, 0.05) is 65.0 Å². The first-order valence-corrected chi connectivity index (χ1v) is 31.1. The van der Waals surface area contributed by atoms with Gasteiger partial charge in [-0.25, -0.2) is 0 Å². The molecule has 2 unspecified atom stereocenters. The van der Waals surface area contributed by atoms with Gasteiger partial charge in [-0.05, 0) is 25.7 Å². The minimum atomic E-state index is -1.31. The van der Waals surface area contributed by atoms with Crippen LogP contribution in [0.5, 0.6) is 0 Å². The van der Waals surface area contributed by atoms with Gasteiger partial charge in [0.2, 0.25) is 39.0 Å². The lowest BCUT2D eigenvalue weighted by Crippen LogP contribution is -2.64. The van der Waals surface area contributed by atoms with Crippen LogP contribution < -0.4 is 10.6 Å². The summed E-state index contributed by atoms with van der Waals surface area (Å²) in [5.74, 6) is -7.90. The molecule has 0 aromatic heterocycles. The van der Waals surface area contributed by atoms with Crippen molar-refractivity contribution in [2.45, 2.75) is 232 Å². The molecule has 1 fully saturated rings. The molecular weight excluding hydrogens is 1130 g/mol. The lowest BCUT2D eigenvalue weighted by molar-refractivity contribution is -0.169. The van der Waals surface area contributed by atoms with E-state index in [2.05, 4.69) is 38.3 Å². The quantitative estimate of drug-likeness (QED) is 0.0280. The molecule has 2 amide bonds. The molecule has 492 valence electrons. The van der Waals surface area contributed by atoms with Gasteiger partial charge in [-0.3, -0.25) is 57.5 Å². The van der Waals surface area contributed by atoms with Crippen LogP contribution in [-0.2, 0) is 105 Å². The Hall–Kier alpha value is -6.44. The molecule has 0 aliphatic carbocycles. The third-order valence-corrected chi connectivity index (χ3v) is 13.6. The molecule has 26 nitrogen and oxygen atoms in total. The van der Waals surface area contributed by atoms with Crippen LogP contribution in [0.2, 0.25) is 0 Å². The molecule has 1 aliphatic heterocycles. The Bertz CT molecular complexity index is 1770. The number of esters is 10. The maximum atomic E-state index is 13.0. The predicted molar refractivity (Wildman–Crippen MR) is 308 cm³/mol. The van der Waals surface area contributed by atoms with E-state index >= 15 is 0 Å². The van der Waals surface area contributed by atoms with Crippen molar-refractivity contribution in [3.05, 3.63) is 0 Å². The summed E-state index contributed by atoms with van der Waals surface area (Å²) in [4.78, 5) is 154. The SMILES string of the molecule is CCCCCCCC(=O)OCOC(=O)CCN(CCC(=O)OCOC(=O)CCCCCCC)CCC(=O)OCC1NC(=O)C(COC(=O)CCN(CCC(=O)OCOC(=O)CCCCCCC)CCC(=O)OCOC(=O)CCCCCCC)NC1=O. The molecule has 1 heterocycles. The van der Waals surface area contributed by atoms with Crippen molar-refractivity contribution in [2.75, 3.05) is 79.7 Å². The minimum Gasteiger partial charge on any atom is -0.463 e. The monoisotopic (exact) mass is 1230 g/mol. The average molecular weight is 1230 g/mol. The number of carbonyl (C=O) groups is 12. The number of piperazine rings is 1. The summed E-state index contributed by atoms with van der Waals surface area (Å²) in [6.07, 6.45) is 18.1. The molecule has 0 saturated carbocycles. The van der Waals surface area contributed by atoms with E-state index in [1.165, 1.54) is 0 Å². The highest BCUT2D eigenvalue weighted by Crippen LogP contribution is 2.11. The van der Waals surface area contributed by atoms with E-state index in [4.69, 9.17) is 47.4 Å². The maximum absolute atomic E-state index is 13.0. The highest BCUT2D eigenvalue weighted by atomic mass is 16.7. The van der Waals surface area contributed by atoms with Crippen molar-refractivity contribution in [3.8, 4) is 0 Å². The van der Waals surface area contributed by atoms with Crippen molar-refractivity contribution in [1.82, 2.24) is 20.4 Å². The molecule has 0 radical (unpaired) electrons. The number of carbonyl (C=O) groups excluding carboxylic acids is 12. The third-order valence-electron chi connectivity index (χ3n) is 13.6. The fraction of sp³-hybridized carbons (Fsp3) is 0.800. The largest absolute Gasteiger partial charge is 0.463 e. The highest BCUT2D eigenvalue weighted by molar-refractivity contribution is 5.97. The van der Waals surface area contributed by atoms with Crippen molar-refractivity contribution in [2.24, 2.45) is 0 Å². The molecule has 0 spiro atoms. The molecule has 0 aromatic rings. The van der Waals surface area contributed by atoms with Crippen molar-refractivity contribution >= 4 is 71.5 Å². The summed E-state index contributed by atoms with van der Waals surface area (Å²) >= 11 is 0. The normalized spacial score (nSPS) is 13.7. The lowest BCUT2D eigenvalue weighted by Gasteiger charge is -2.29. The van der Waals surface area contributed by atoms with Gasteiger partial charge in [-0.15, -0.1) is 0 Å². The van der Waals surface area contributed by atoms with Crippen LogP contribution in [0.1, 0.15) is 220 Å². The number of rotatable bonds is 54. The molecule has 0 aromatic carbocycles. The topological polar surface area (TPSA) is 328 Å². The third kappa shape index (κ3) is 44.1. The second-order valence-corrected chi connectivity index (χ2v) is 20.9. The van der Waals surface area contributed by atoms with Crippen LogP contribution in [0.3, 0.4) is 0 Å². The molecule has 1 aliphatic rings. The summed E-state index contributed by atoms with van der Waals surface area (Å²) in [6.45, 7) is 4.82. The molecule has 2 atom stereocenters. The number of nitrogens with zero attached hydrogens (tertiary/aromatic N) is 2.